The van der Waals surface area contributed by atoms with Crippen molar-refractivity contribution in [3.8, 4) is 0 Å². The molecule has 1 atom stereocenters. The van der Waals surface area contributed by atoms with E-state index in [1.54, 1.807) is 6.92 Å². The van der Waals surface area contributed by atoms with Crippen LogP contribution in [0.1, 0.15) is 6.92 Å². The lowest BCUT2D eigenvalue weighted by atomic mass is 10.4. The highest BCUT2D eigenvalue weighted by atomic mass is 32.2. The summed E-state index contributed by atoms with van der Waals surface area (Å²) >= 11 is 0. The van der Waals surface area contributed by atoms with Gasteiger partial charge in [-0.1, -0.05) is 0 Å². The van der Waals surface area contributed by atoms with Crippen LogP contribution in [0.3, 0.4) is 0 Å². The van der Waals surface area contributed by atoms with Crippen molar-refractivity contribution in [2.45, 2.75) is 13.0 Å². The number of nitrogens with two attached hydrogens (primary N) is 3. The van der Waals surface area contributed by atoms with Crippen LogP contribution in [-0.2, 0) is 9.84 Å². The van der Waals surface area contributed by atoms with E-state index < -0.39 is 15.9 Å². The molecule has 82 valence electrons. The molecule has 0 spiro atoms. The Morgan fingerprint density at radius 3 is 2.21 bits per heavy atom. The molecule has 0 aliphatic heterocycles. The molecule has 1 unspecified atom stereocenters. The van der Waals surface area contributed by atoms with Crippen molar-refractivity contribution in [1.29, 1.82) is 0 Å². The fourth-order valence-corrected chi connectivity index (χ4v) is 1.81. The van der Waals surface area contributed by atoms with Crippen molar-refractivity contribution in [3.63, 3.8) is 0 Å². The standard InChI is InChI=1S/C6H15N5O2S/c1-4(3-14(2,12)13)10-6(9)11-5(7)8/h4H,3H2,1-2H3,(H6,7,8,9,10,11). The van der Waals surface area contributed by atoms with Crippen LogP contribution in [0.4, 0.5) is 0 Å². The van der Waals surface area contributed by atoms with E-state index in [4.69, 9.17) is 17.2 Å². The summed E-state index contributed by atoms with van der Waals surface area (Å²) in [5.74, 6) is -0.424. The van der Waals surface area contributed by atoms with Gasteiger partial charge in [-0.15, -0.1) is 0 Å². The maximum absolute atomic E-state index is 10.9. The Balaban J connectivity index is 4.45. The lowest BCUT2D eigenvalue weighted by Gasteiger charge is -2.04. The van der Waals surface area contributed by atoms with Crippen molar-refractivity contribution in [2.75, 3.05) is 12.0 Å². The van der Waals surface area contributed by atoms with Crippen molar-refractivity contribution in [2.24, 2.45) is 27.2 Å². The van der Waals surface area contributed by atoms with Gasteiger partial charge in [0.25, 0.3) is 0 Å². The molecule has 0 radical (unpaired) electrons. The van der Waals surface area contributed by atoms with Crippen molar-refractivity contribution >= 4 is 21.8 Å². The van der Waals surface area contributed by atoms with Gasteiger partial charge >= 0.3 is 0 Å². The first-order valence-corrected chi connectivity index (χ1v) is 5.87. The third-order valence-electron chi connectivity index (χ3n) is 1.14. The Labute approximate surface area is 83.0 Å². The van der Waals surface area contributed by atoms with E-state index in [1.807, 2.05) is 0 Å². The van der Waals surface area contributed by atoms with Crippen LogP contribution in [0.25, 0.3) is 0 Å². The zero-order valence-corrected chi connectivity index (χ0v) is 8.95. The molecular weight excluding hydrogens is 206 g/mol. The summed E-state index contributed by atoms with van der Waals surface area (Å²) in [5, 5.41) is 0. The predicted molar refractivity (Wildman–Crippen MR) is 56.6 cm³/mol. The Morgan fingerprint density at radius 2 is 1.86 bits per heavy atom. The number of sulfone groups is 1. The summed E-state index contributed by atoms with van der Waals surface area (Å²) < 4.78 is 21.7. The van der Waals surface area contributed by atoms with Crippen molar-refractivity contribution in [1.82, 2.24) is 0 Å². The fourth-order valence-electron chi connectivity index (χ4n) is 0.862. The molecule has 0 heterocycles. The highest BCUT2D eigenvalue weighted by molar-refractivity contribution is 7.90. The molecule has 0 saturated carbocycles. The maximum Gasteiger partial charge on any atom is 0.218 e. The monoisotopic (exact) mass is 221 g/mol. The fraction of sp³-hybridized carbons (Fsp3) is 0.667. The van der Waals surface area contributed by atoms with Gasteiger partial charge in [0.1, 0.15) is 9.84 Å². The minimum Gasteiger partial charge on any atom is -0.370 e. The van der Waals surface area contributed by atoms with Gasteiger partial charge in [-0.2, -0.15) is 4.99 Å². The molecular formula is C6H15N5O2S. The summed E-state index contributed by atoms with van der Waals surface area (Å²) in [6.45, 7) is 1.61. The molecule has 8 heteroatoms. The normalized spacial score (nSPS) is 14.9. The molecule has 14 heavy (non-hydrogen) atoms. The van der Waals surface area contributed by atoms with E-state index in [0.29, 0.717) is 0 Å². The van der Waals surface area contributed by atoms with Crippen LogP contribution in [0, 0.1) is 0 Å². The quantitative estimate of drug-likeness (QED) is 0.374. The summed E-state index contributed by atoms with van der Waals surface area (Å²) in [4.78, 5) is 7.22. The number of nitrogens with zero attached hydrogens (tertiary/aromatic N) is 2. The molecule has 0 aromatic heterocycles. The van der Waals surface area contributed by atoms with Gasteiger partial charge in [-0.3, -0.25) is 0 Å². The average Bonchev–Trinajstić information content (AvgIpc) is 1.77. The van der Waals surface area contributed by atoms with E-state index in [2.05, 4.69) is 9.98 Å². The van der Waals surface area contributed by atoms with Gasteiger partial charge in [0.15, 0.2) is 5.96 Å². The lowest BCUT2D eigenvalue weighted by Crippen LogP contribution is -2.27. The van der Waals surface area contributed by atoms with Crippen molar-refractivity contribution < 1.29 is 8.42 Å². The van der Waals surface area contributed by atoms with Crippen LogP contribution in [0.15, 0.2) is 9.98 Å². The van der Waals surface area contributed by atoms with Gasteiger partial charge < -0.3 is 17.2 Å². The van der Waals surface area contributed by atoms with Crippen LogP contribution >= 0.6 is 0 Å². The van der Waals surface area contributed by atoms with E-state index in [0.717, 1.165) is 6.26 Å². The molecule has 0 bridgehead atoms. The van der Waals surface area contributed by atoms with Gasteiger partial charge in [0.2, 0.25) is 5.96 Å². The molecule has 0 aromatic carbocycles. The molecule has 0 amide bonds. The summed E-state index contributed by atoms with van der Waals surface area (Å²) in [6, 6.07) is -0.465. The average molecular weight is 221 g/mol. The number of rotatable bonds is 3. The predicted octanol–water partition coefficient (Wildman–Crippen LogP) is -1.99. The number of aliphatic imine (C=N–C) groups is 2. The third kappa shape index (κ3) is 7.35. The van der Waals surface area contributed by atoms with E-state index in [1.165, 1.54) is 0 Å². The van der Waals surface area contributed by atoms with E-state index in [9.17, 15) is 8.42 Å². The molecule has 0 aliphatic carbocycles. The summed E-state index contributed by atoms with van der Waals surface area (Å²) in [6.07, 6.45) is 1.12. The second-order valence-corrected chi connectivity index (χ2v) is 5.15. The SMILES string of the molecule is CC(CS(C)(=O)=O)N=C(N)N=C(N)N. The molecule has 0 aromatic rings. The zero-order valence-electron chi connectivity index (χ0n) is 8.14. The molecule has 0 rings (SSSR count). The third-order valence-corrected chi connectivity index (χ3v) is 2.23. The van der Waals surface area contributed by atoms with Crippen LogP contribution in [0.2, 0.25) is 0 Å². The van der Waals surface area contributed by atoms with Crippen LogP contribution in [0.5, 0.6) is 0 Å². The van der Waals surface area contributed by atoms with Gasteiger partial charge in [-0.25, -0.2) is 13.4 Å². The van der Waals surface area contributed by atoms with Gasteiger partial charge in [0, 0.05) is 6.26 Å². The molecule has 0 aliphatic rings. The minimum atomic E-state index is -3.07. The van der Waals surface area contributed by atoms with E-state index in [-0.39, 0.29) is 17.7 Å². The first-order chi connectivity index (χ1) is 6.20. The second kappa shape index (κ2) is 4.80. The zero-order chi connectivity index (χ0) is 11.4. The maximum atomic E-state index is 10.9. The van der Waals surface area contributed by atoms with Crippen molar-refractivity contribution in [3.05, 3.63) is 0 Å². The Kier molecular flexibility index (Phi) is 4.35. The largest absolute Gasteiger partial charge is 0.370 e. The number of hydrogen-bond acceptors (Lipinski definition) is 3. The van der Waals surface area contributed by atoms with Gasteiger partial charge in [0.05, 0.1) is 11.8 Å². The molecule has 0 saturated heterocycles. The summed E-state index contributed by atoms with van der Waals surface area (Å²) in [5.41, 5.74) is 15.4. The summed E-state index contributed by atoms with van der Waals surface area (Å²) in [7, 11) is -3.07. The van der Waals surface area contributed by atoms with Crippen LogP contribution < -0.4 is 17.2 Å². The second-order valence-electron chi connectivity index (χ2n) is 2.97. The number of hydrogen-bond donors (Lipinski definition) is 3. The Bertz CT molecular complexity index is 341. The molecule has 0 fully saturated rings. The Hall–Kier alpha value is -1.31. The topological polar surface area (TPSA) is 137 Å². The van der Waals surface area contributed by atoms with E-state index >= 15 is 0 Å². The van der Waals surface area contributed by atoms with Crippen LogP contribution in [-0.4, -0.2) is 38.4 Å². The minimum absolute atomic E-state index is 0.0896. The first kappa shape index (κ1) is 12.7. The number of guanidine groups is 2. The highest BCUT2D eigenvalue weighted by Crippen LogP contribution is 1.95. The highest BCUT2D eigenvalue weighted by Gasteiger charge is 2.09. The first-order valence-electron chi connectivity index (χ1n) is 3.81. The smallest absolute Gasteiger partial charge is 0.218 e. The van der Waals surface area contributed by atoms with Gasteiger partial charge in [-0.05, 0) is 6.92 Å². The molecule has 7 nitrogen and oxygen atoms in total. The molecule has 6 N–H and O–H groups in total. The Morgan fingerprint density at radius 1 is 1.36 bits per heavy atom. The lowest BCUT2D eigenvalue weighted by molar-refractivity contribution is 0.596.